The van der Waals surface area contributed by atoms with E-state index in [1.807, 2.05) is 44.4 Å². The summed E-state index contributed by atoms with van der Waals surface area (Å²) in [4.78, 5) is 17.6. The first-order chi connectivity index (χ1) is 16.3. The standard InChI is InChI=1S/C25H25N5O3S/c1-16(33-23-12-19(13-27-24(23)26)20-14-28-30(2)15-20)17-6-4-8-21(10-17)29-25(31)18-7-5-9-22(11-18)34(3)32/h4-16H,1-3H3,(H2,26,27)(H,29,31)/t16?,34-/m1/s1. The van der Waals surface area contributed by atoms with Crippen LogP contribution in [0.5, 0.6) is 5.75 Å². The van der Waals surface area contributed by atoms with Gasteiger partial charge in [0.15, 0.2) is 11.6 Å². The molecule has 0 saturated carbocycles. The minimum absolute atomic E-state index is 0.282. The van der Waals surface area contributed by atoms with Crippen molar-refractivity contribution in [1.82, 2.24) is 14.8 Å². The number of nitrogens with zero attached hydrogens (tertiary/aromatic N) is 3. The fourth-order valence-corrected chi connectivity index (χ4v) is 3.99. The summed E-state index contributed by atoms with van der Waals surface area (Å²) in [5.41, 5.74) is 9.73. The summed E-state index contributed by atoms with van der Waals surface area (Å²) >= 11 is 0. The number of amides is 1. The molecular weight excluding hydrogens is 450 g/mol. The van der Waals surface area contributed by atoms with Gasteiger partial charge in [0.1, 0.15) is 6.10 Å². The van der Waals surface area contributed by atoms with Crippen molar-refractivity contribution in [2.45, 2.75) is 17.9 Å². The normalized spacial score (nSPS) is 12.7. The zero-order valence-corrected chi connectivity index (χ0v) is 19.9. The lowest BCUT2D eigenvalue weighted by atomic mass is 10.1. The Balaban J connectivity index is 1.50. The van der Waals surface area contributed by atoms with Crippen molar-refractivity contribution in [3.63, 3.8) is 0 Å². The number of ether oxygens (including phenoxy) is 1. The maximum Gasteiger partial charge on any atom is 0.255 e. The topological polar surface area (TPSA) is 112 Å². The summed E-state index contributed by atoms with van der Waals surface area (Å²) in [6.45, 7) is 1.90. The molecular formula is C25H25N5O3S. The summed E-state index contributed by atoms with van der Waals surface area (Å²) in [5.74, 6) is 0.473. The van der Waals surface area contributed by atoms with Crippen LogP contribution < -0.4 is 15.8 Å². The van der Waals surface area contributed by atoms with Crippen LogP contribution in [0.4, 0.5) is 11.5 Å². The molecule has 0 radical (unpaired) electrons. The lowest BCUT2D eigenvalue weighted by Gasteiger charge is -2.17. The first-order valence-corrected chi connectivity index (χ1v) is 12.1. The Bertz CT molecular complexity index is 1370. The average molecular weight is 476 g/mol. The van der Waals surface area contributed by atoms with Crippen LogP contribution >= 0.6 is 0 Å². The predicted octanol–water partition coefficient (Wildman–Crippen LogP) is 4.19. The van der Waals surface area contributed by atoms with Gasteiger partial charge in [0.2, 0.25) is 0 Å². The molecule has 0 fully saturated rings. The van der Waals surface area contributed by atoms with Crippen molar-refractivity contribution >= 4 is 28.2 Å². The van der Waals surface area contributed by atoms with E-state index in [2.05, 4.69) is 15.4 Å². The molecule has 0 saturated heterocycles. The van der Waals surface area contributed by atoms with Gasteiger partial charge in [-0.3, -0.25) is 13.7 Å². The molecule has 1 amide bonds. The van der Waals surface area contributed by atoms with Gasteiger partial charge in [0.05, 0.1) is 6.20 Å². The molecule has 0 bridgehead atoms. The molecule has 2 heterocycles. The molecule has 9 heteroatoms. The van der Waals surface area contributed by atoms with Gasteiger partial charge in [-0.25, -0.2) is 4.98 Å². The molecule has 0 aliphatic rings. The molecule has 4 rings (SSSR count). The molecule has 8 nitrogen and oxygen atoms in total. The second kappa shape index (κ2) is 9.88. The summed E-state index contributed by atoms with van der Waals surface area (Å²) in [6.07, 6.45) is 6.55. The van der Waals surface area contributed by atoms with Crippen LogP contribution in [0.1, 0.15) is 28.9 Å². The van der Waals surface area contributed by atoms with Crippen LogP contribution in [0.25, 0.3) is 11.1 Å². The van der Waals surface area contributed by atoms with E-state index in [4.69, 9.17) is 10.5 Å². The molecule has 34 heavy (non-hydrogen) atoms. The third-order valence-corrected chi connectivity index (χ3v) is 6.18. The maximum atomic E-state index is 12.7. The average Bonchev–Trinajstić information content (AvgIpc) is 3.27. The Morgan fingerprint density at radius 2 is 1.91 bits per heavy atom. The lowest BCUT2D eigenvalue weighted by Crippen LogP contribution is -2.13. The van der Waals surface area contributed by atoms with Gasteiger partial charge in [-0.1, -0.05) is 18.2 Å². The van der Waals surface area contributed by atoms with Crippen LogP contribution in [0.2, 0.25) is 0 Å². The molecule has 0 aliphatic carbocycles. The highest BCUT2D eigenvalue weighted by molar-refractivity contribution is 7.84. The van der Waals surface area contributed by atoms with E-state index in [9.17, 15) is 9.00 Å². The number of carbonyl (C=O) groups excluding carboxylic acids is 1. The van der Waals surface area contributed by atoms with E-state index in [1.165, 1.54) is 0 Å². The second-order valence-electron chi connectivity index (χ2n) is 7.83. The van der Waals surface area contributed by atoms with Crippen molar-refractivity contribution in [1.29, 1.82) is 0 Å². The molecule has 3 N–H and O–H groups in total. The fraction of sp³-hybridized carbons (Fsp3) is 0.160. The number of aromatic nitrogens is 3. The zero-order valence-electron chi connectivity index (χ0n) is 19.1. The third kappa shape index (κ3) is 5.32. The van der Waals surface area contributed by atoms with Crippen LogP contribution in [0.15, 0.2) is 78.1 Å². The number of aryl methyl sites for hydroxylation is 1. The SMILES string of the molecule is CC(Oc1cc(-c2cnn(C)c2)cnc1N)c1cccc(NC(=O)c2cccc([S@@](C)=O)c2)c1. The van der Waals surface area contributed by atoms with Crippen LogP contribution in [-0.4, -0.2) is 31.1 Å². The number of nitrogen functional groups attached to an aromatic ring is 1. The Hall–Kier alpha value is -3.98. The van der Waals surface area contributed by atoms with E-state index in [-0.39, 0.29) is 17.8 Å². The molecule has 2 aromatic heterocycles. The van der Waals surface area contributed by atoms with E-state index < -0.39 is 10.8 Å². The highest BCUT2D eigenvalue weighted by atomic mass is 32.2. The van der Waals surface area contributed by atoms with Gasteiger partial charge in [0, 0.05) is 63.8 Å². The molecule has 0 spiro atoms. The number of rotatable bonds is 7. The zero-order chi connectivity index (χ0) is 24.2. The Morgan fingerprint density at radius 1 is 1.12 bits per heavy atom. The minimum atomic E-state index is -1.16. The number of pyridine rings is 1. The first kappa shape index (κ1) is 23.2. The van der Waals surface area contributed by atoms with E-state index in [0.29, 0.717) is 21.9 Å². The number of anilines is 2. The third-order valence-electron chi connectivity index (χ3n) is 5.27. The molecule has 1 unspecified atom stereocenters. The molecule has 2 atom stereocenters. The molecule has 174 valence electrons. The molecule has 2 aromatic carbocycles. The highest BCUT2D eigenvalue weighted by Crippen LogP contribution is 2.31. The van der Waals surface area contributed by atoms with Gasteiger partial charge >= 0.3 is 0 Å². The number of carbonyl (C=O) groups is 1. The van der Waals surface area contributed by atoms with Crippen molar-refractivity contribution in [2.75, 3.05) is 17.3 Å². The summed E-state index contributed by atoms with van der Waals surface area (Å²) in [6, 6.07) is 16.0. The van der Waals surface area contributed by atoms with Gasteiger partial charge < -0.3 is 15.8 Å². The van der Waals surface area contributed by atoms with Crippen molar-refractivity contribution in [2.24, 2.45) is 7.05 Å². The Labute approximate surface area is 200 Å². The minimum Gasteiger partial charge on any atom is -0.482 e. The number of nitrogens with two attached hydrogens (primary N) is 1. The number of hydrogen-bond donors (Lipinski definition) is 2. The Kier molecular flexibility index (Phi) is 6.74. The molecule has 4 aromatic rings. The Morgan fingerprint density at radius 3 is 2.65 bits per heavy atom. The first-order valence-electron chi connectivity index (χ1n) is 10.6. The van der Waals surface area contributed by atoms with Gasteiger partial charge in [-0.2, -0.15) is 5.10 Å². The van der Waals surface area contributed by atoms with E-state index in [1.54, 1.807) is 53.7 Å². The summed E-state index contributed by atoms with van der Waals surface area (Å²) < 4.78 is 19.6. The fourth-order valence-electron chi connectivity index (χ4n) is 3.42. The summed E-state index contributed by atoms with van der Waals surface area (Å²) in [7, 11) is 0.685. The number of nitrogens with one attached hydrogen (secondary N) is 1. The summed E-state index contributed by atoms with van der Waals surface area (Å²) in [5, 5.41) is 7.08. The monoisotopic (exact) mass is 475 g/mol. The maximum absolute atomic E-state index is 12.7. The second-order valence-corrected chi connectivity index (χ2v) is 9.21. The van der Waals surface area contributed by atoms with E-state index in [0.717, 1.165) is 16.7 Å². The van der Waals surface area contributed by atoms with E-state index >= 15 is 0 Å². The number of hydrogen-bond acceptors (Lipinski definition) is 6. The van der Waals surface area contributed by atoms with Gasteiger partial charge in [-0.05, 0) is 48.9 Å². The highest BCUT2D eigenvalue weighted by Gasteiger charge is 2.14. The van der Waals surface area contributed by atoms with Crippen LogP contribution in [-0.2, 0) is 17.8 Å². The van der Waals surface area contributed by atoms with Gasteiger partial charge in [-0.15, -0.1) is 0 Å². The largest absolute Gasteiger partial charge is 0.482 e. The lowest BCUT2D eigenvalue weighted by molar-refractivity contribution is 0.102. The number of benzene rings is 2. The predicted molar refractivity (Wildman–Crippen MR) is 133 cm³/mol. The van der Waals surface area contributed by atoms with Crippen molar-refractivity contribution in [3.8, 4) is 16.9 Å². The van der Waals surface area contributed by atoms with Crippen molar-refractivity contribution in [3.05, 3.63) is 84.3 Å². The molecule has 0 aliphatic heterocycles. The van der Waals surface area contributed by atoms with Crippen LogP contribution in [0, 0.1) is 0 Å². The smallest absolute Gasteiger partial charge is 0.255 e. The van der Waals surface area contributed by atoms with Crippen LogP contribution in [0.3, 0.4) is 0 Å². The quantitative estimate of drug-likeness (QED) is 0.414. The van der Waals surface area contributed by atoms with Gasteiger partial charge in [0.25, 0.3) is 5.91 Å². The van der Waals surface area contributed by atoms with Crippen molar-refractivity contribution < 1.29 is 13.7 Å².